The van der Waals surface area contributed by atoms with E-state index in [1.807, 2.05) is 23.1 Å². The highest BCUT2D eigenvalue weighted by atomic mass is 16.2. The molecule has 0 unspecified atom stereocenters. The first-order chi connectivity index (χ1) is 13.7. The highest BCUT2D eigenvalue weighted by Crippen LogP contribution is 2.28. The van der Waals surface area contributed by atoms with Crippen LogP contribution in [0.25, 0.3) is 0 Å². The third kappa shape index (κ3) is 4.01. The summed E-state index contributed by atoms with van der Waals surface area (Å²) in [5.74, 6) is -0.0944. The average molecular weight is 374 g/mol. The number of anilines is 1. The van der Waals surface area contributed by atoms with Crippen LogP contribution < -0.4 is 10.2 Å². The fourth-order valence-electron chi connectivity index (χ4n) is 4.04. The summed E-state index contributed by atoms with van der Waals surface area (Å²) < 4.78 is 0. The molecular formula is C24H26N2O2. The zero-order valence-corrected chi connectivity index (χ0v) is 16.1. The van der Waals surface area contributed by atoms with E-state index in [0.29, 0.717) is 24.2 Å². The summed E-state index contributed by atoms with van der Waals surface area (Å²) >= 11 is 0. The third-order valence-corrected chi connectivity index (χ3v) is 5.64. The molecule has 1 aliphatic carbocycles. The maximum Gasteiger partial charge on any atom is 0.258 e. The number of nitrogens with zero attached hydrogens (tertiary/aromatic N) is 1. The smallest absolute Gasteiger partial charge is 0.258 e. The molecule has 2 aromatic carbocycles. The Hall–Kier alpha value is -2.88. The van der Waals surface area contributed by atoms with Gasteiger partial charge in [-0.15, -0.1) is 0 Å². The predicted molar refractivity (Wildman–Crippen MR) is 112 cm³/mol. The minimum Gasteiger partial charge on any atom is -0.352 e. The Balaban J connectivity index is 1.35. The summed E-state index contributed by atoms with van der Waals surface area (Å²) in [5, 5.41) is 2.99. The first-order valence-electron chi connectivity index (χ1n) is 10.2. The number of nitrogens with one attached hydrogen (secondary N) is 1. The fourth-order valence-corrected chi connectivity index (χ4v) is 4.04. The molecule has 1 N–H and O–H groups in total. The van der Waals surface area contributed by atoms with E-state index in [2.05, 4.69) is 17.5 Å². The van der Waals surface area contributed by atoms with Gasteiger partial charge in [-0.3, -0.25) is 9.59 Å². The Kier molecular flexibility index (Phi) is 5.56. The Bertz CT molecular complexity index is 899. The highest BCUT2D eigenvalue weighted by Gasteiger charge is 2.25. The van der Waals surface area contributed by atoms with Crippen LogP contribution in [0.2, 0.25) is 0 Å². The minimum atomic E-state index is -0.0815. The number of hydrogen-bond donors (Lipinski definition) is 1. The van der Waals surface area contributed by atoms with Crippen molar-refractivity contribution in [3.63, 3.8) is 0 Å². The molecule has 2 aromatic rings. The Labute approximate surface area is 166 Å². The van der Waals surface area contributed by atoms with Gasteiger partial charge in [-0.2, -0.15) is 0 Å². The predicted octanol–water partition coefficient (Wildman–Crippen LogP) is 4.51. The van der Waals surface area contributed by atoms with Gasteiger partial charge >= 0.3 is 0 Å². The van der Waals surface area contributed by atoms with Crippen LogP contribution in [-0.2, 0) is 6.42 Å². The molecule has 2 amide bonds. The Morgan fingerprint density at radius 2 is 1.71 bits per heavy atom. The summed E-state index contributed by atoms with van der Waals surface area (Å²) in [6.07, 6.45) is 9.00. The van der Waals surface area contributed by atoms with Gasteiger partial charge in [0.2, 0.25) is 0 Å². The second-order valence-electron chi connectivity index (χ2n) is 7.53. The first-order valence-corrected chi connectivity index (χ1v) is 10.2. The number of fused-ring (bicyclic) bond motifs is 1. The molecule has 4 heteroatoms. The monoisotopic (exact) mass is 374 g/mol. The van der Waals surface area contributed by atoms with Crippen molar-refractivity contribution >= 4 is 17.5 Å². The molecule has 0 saturated heterocycles. The Morgan fingerprint density at radius 3 is 2.50 bits per heavy atom. The maximum atomic E-state index is 12.9. The van der Waals surface area contributed by atoms with Gasteiger partial charge in [-0.25, -0.2) is 0 Å². The molecule has 0 bridgehead atoms. The molecule has 0 saturated carbocycles. The molecule has 0 aromatic heterocycles. The standard InChI is InChI=1S/C24H26N2O2/c27-23(25-16-14-18-6-2-1-3-7-18)20-10-12-21(13-11-20)24(28)26-17-15-19-8-4-5-9-22(19)26/h4-6,8-13H,1-3,7,14-17H2,(H,25,27). The lowest BCUT2D eigenvalue weighted by molar-refractivity contribution is 0.0950. The van der Waals surface area contributed by atoms with E-state index >= 15 is 0 Å². The molecule has 0 atom stereocenters. The van der Waals surface area contributed by atoms with Crippen molar-refractivity contribution in [1.29, 1.82) is 0 Å². The van der Waals surface area contributed by atoms with Crippen LogP contribution in [0, 0.1) is 0 Å². The van der Waals surface area contributed by atoms with Gasteiger partial charge in [0.25, 0.3) is 11.8 Å². The Morgan fingerprint density at radius 1 is 0.929 bits per heavy atom. The van der Waals surface area contributed by atoms with Crippen LogP contribution >= 0.6 is 0 Å². The zero-order chi connectivity index (χ0) is 19.3. The van der Waals surface area contributed by atoms with Crippen molar-refractivity contribution in [2.75, 3.05) is 18.0 Å². The number of carbonyl (C=O) groups is 2. The number of hydrogen-bond acceptors (Lipinski definition) is 2. The number of allylic oxidation sites excluding steroid dienone is 1. The molecule has 0 spiro atoms. The van der Waals surface area contributed by atoms with Crippen LogP contribution in [0.5, 0.6) is 0 Å². The first kappa shape index (κ1) is 18.5. The molecule has 0 radical (unpaired) electrons. The molecule has 144 valence electrons. The van der Waals surface area contributed by atoms with Gasteiger partial charge < -0.3 is 10.2 Å². The van der Waals surface area contributed by atoms with Crippen molar-refractivity contribution < 1.29 is 9.59 Å². The van der Waals surface area contributed by atoms with Gasteiger partial charge in [-0.05, 0) is 74.4 Å². The molecule has 28 heavy (non-hydrogen) atoms. The second-order valence-corrected chi connectivity index (χ2v) is 7.53. The van der Waals surface area contributed by atoms with E-state index in [1.165, 1.54) is 30.4 Å². The number of rotatable bonds is 5. The molecule has 4 nitrogen and oxygen atoms in total. The second kappa shape index (κ2) is 8.42. The van der Waals surface area contributed by atoms with Crippen molar-refractivity contribution in [1.82, 2.24) is 5.32 Å². The SMILES string of the molecule is O=C(NCCC1=CCCCC1)c1ccc(C(=O)N2CCc3ccccc32)cc1. The van der Waals surface area contributed by atoms with Crippen LogP contribution in [0.4, 0.5) is 5.69 Å². The molecule has 0 fully saturated rings. The molecule has 4 rings (SSSR count). The summed E-state index contributed by atoms with van der Waals surface area (Å²) in [7, 11) is 0. The summed E-state index contributed by atoms with van der Waals surface area (Å²) in [4.78, 5) is 27.0. The lowest BCUT2D eigenvalue weighted by Gasteiger charge is -2.17. The summed E-state index contributed by atoms with van der Waals surface area (Å²) in [6, 6.07) is 15.0. The van der Waals surface area contributed by atoms with Gasteiger partial charge in [0.15, 0.2) is 0 Å². The van der Waals surface area contributed by atoms with E-state index in [1.54, 1.807) is 24.3 Å². The lowest BCUT2D eigenvalue weighted by atomic mass is 9.97. The van der Waals surface area contributed by atoms with E-state index in [-0.39, 0.29) is 11.8 Å². The maximum absolute atomic E-state index is 12.9. The number of carbonyl (C=O) groups excluding carboxylic acids is 2. The quantitative estimate of drug-likeness (QED) is 0.783. The van der Waals surface area contributed by atoms with E-state index in [9.17, 15) is 9.59 Å². The lowest BCUT2D eigenvalue weighted by Crippen LogP contribution is -2.29. The van der Waals surface area contributed by atoms with Gasteiger partial charge in [0.1, 0.15) is 0 Å². The van der Waals surface area contributed by atoms with E-state index in [0.717, 1.165) is 24.9 Å². The topological polar surface area (TPSA) is 49.4 Å². The third-order valence-electron chi connectivity index (χ3n) is 5.64. The van der Waals surface area contributed by atoms with Crippen molar-refractivity contribution in [2.24, 2.45) is 0 Å². The van der Waals surface area contributed by atoms with Crippen LogP contribution in [0.1, 0.15) is 58.4 Å². The van der Waals surface area contributed by atoms with Crippen LogP contribution in [0.3, 0.4) is 0 Å². The van der Waals surface area contributed by atoms with Crippen molar-refractivity contribution in [3.8, 4) is 0 Å². The van der Waals surface area contributed by atoms with Crippen molar-refractivity contribution in [3.05, 3.63) is 76.9 Å². The minimum absolute atomic E-state index is 0.0128. The number of benzene rings is 2. The highest BCUT2D eigenvalue weighted by molar-refractivity contribution is 6.07. The van der Waals surface area contributed by atoms with Gasteiger partial charge in [0.05, 0.1) is 0 Å². The van der Waals surface area contributed by atoms with Crippen molar-refractivity contribution in [2.45, 2.75) is 38.5 Å². The molecular weight excluding hydrogens is 348 g/mol. The normalized spacial score (nSPS) is 15.7. The van der Waals surface area contributed by atoms with E-state index in [4.69, 9.17) is 0 Å². The average Bonchev–Trinajstić information content (AvgIpc) is 3.18. The number of para-hydroxylation sites is 1. The van der Waals surface area contributed by atoms with Gasteiger partial charge in [0, 0.05) is 29.9 Å². The molecule has 1 aliphatic heterocycles. The largest absolute Gasteiger partial charge is 0.352 e. The fraction of sp³-hybridized carbons (Fsp3) is 0.333. The number of amides is 2. The van der Waals surface area contributed by atoms with Crippen LogP contribution in [-0.4, -0.2) is 24.9 Å². The van der Waals surface area contributed by atoms with Gasteiger partial charge in [-0.1, -0.05) is 29.8 Å². The molecule has 2 aliphatic rings. The van der Waals surface area contributed by atoms with Crippen LogP contribution in [0.15, 0.2) is 60.2 Å². The zero-order valence-electron chi connectivity index (χ0n) is 16.1. The summed E-state index contributed by atoms with van der Waals surface area (Å²) in [6.45, 7) is 1.37. The molecule has 1 heterocycles. The van der Waals surface area contributed by atoms with E-state index < -0.39 is 0 Å². The summed E-state index contributed by atoms with van der Waals surface area (Å²) in [5.41, 5.74) is 4.86.